The van der Waals surface area contributed by atoms with Gasteiger partial charge in [0.15, 0.2) is 5.11 Å². The largest absolute Gasteiger partial charge is 0.362 e. The molecule has 0 atom stereocenters. The molecule has 106 valence electrons. The highest BCUT2D eigenvalue weighted by Crippen LogP contribution is 2.09. The van der Waals surface area contributed by atoms with Gasteiger partial charge in [-0.2, -0.15) is 0 Å². The van der Waals surface area contributed by atoms with Crippen molar-refractivity contribution in [2.24, 2.45) is 0 Å². The molecule has 0 aliphatic carbocycles. The van der Waals surface area contributed by atoms with E-state index in [1.807, 2.05) is 24.3 Å². The SMILES string of the molecule is S=C(NCCc1ccc(Cl)cc1)NCCc1cccs1. The number of thiocarbonyl (C=S) groups is 1. The van der Waals surface area contributed by atoms with Crippen LogP contribution in [0.3, 0.4) is 0 Å². The van der Waals surface area contributed by atoms with Crippen molar-refractivity contribution in [3.63, 3.8) is 0 Å². The van der Waals surface area contributed by atoms with Gasteiger partial charge in [0.2, 0.25) is 0 Å². The van der Waals surface area contributed by atoms with E-state index in [9.17, 15) is 0 Å². The van der Waals surface area contributed by atoms with E-state index in [4.69, 9.17) is 23.8 Å². The molecule has 0 aliphatic heterocycles. The predicted molar refractivity (Wildman–Crippen MR) is 91.8 cm³/mol. The van der Waals surface area contributed by atoms with Crippen LogP contribution in [0.4, 0.5) is 0 Å². The first kappa shape index (κ1) is 15.3. The van der Waals surface area contributed by atoms with Gasteiger partial charge in [0.05, 0.1) is 0 Å². The van der Waals surface area contributed by atoms with Crippen LogP contribution in [-0.2, 0) is 12.8 Å². The van der Waals surface area contributed by atoms with Crippen LogP contribution in [-0.4, -0.2) is 18.2 Å². The molecule has 0 aliphatic rings. The Kier molecular flexibility index (Phi) is 6.30. The van der Waals surface area contributed by atoms with E-state index in [-0.39, 0.29) is 0 Å². The van der Waals surface area contributed by atoms with Crippen LogP contribution in [0.25, 0.3) is 0 Å². The summed E-state index contributed by atoms with van der Waals surface area (Å²) < 4.78 is 0. The molecule has 1 aromatic heterocycles. The summed E-state index contributed by atoms with van der Waals surface area (Å²) in [5.74, 6) is 0. The minimum absolute atomic E-state index is 0.718. The van der Waals surface area contributed by atoms with Gasteiger partial charge in [-0.3, -0.25) is 0 Å². The molecule has 1 aromatic carbocycles. The summed E-state index contributed by atoms with van der Waals surface area (Å²) in [5, 5.41) is 10.0. The zero-order chi connectivity index (χ0) is 14.2. The van der Waals surface area contributed by atoms with E-state index < -0.39 is 0 Å². The topological polar surface area (TPSA) is 24.1 Å². The van der Waals surface area contributed by atoms with Gasteiger partial charge >= 0.3 is 0 Å². The fourth-order valence-corrected chi connectivity index (χ4v) is 2.83. The van der Waals surface area contributed by atoms with Gasteiger partial charge in [0, 0.05) is 23.0 Å². The Labute approximate surface area is 134 Å². The molecule has 1 heterocycles. The van der Waals surface area contributed by atoms with Gasteiger partial charge in [0.1, 0.15) is 0 Å². The van der Waals surface area contributed by atoms with Crippen molar-refractivity contribution in [3.8, 4) is 0 Å². The highest BCUT2D eigenvalue weighted by Gasteiger charge is 1.98. The van der Waals surface area contributed by atoms with Gasteiger partial charge < -0.3 is 10.6 Å². The Bertz CT molecular complexity index is 523. The normalized spacial score (nSPS) is 10.2. The predicted octanol–water partition coefficient (Wildman–Crippen LogP) is 3.65. The molecular weight excluding hydrogens is 308 g/mol. The number of halogens is 1. The maximum absolute atomic E-state index is 5.85. The van der Waals surface area contributed by atoms with Crippen LogP contribution in [0.1, 0.15) is 10.4 Å². The van der Waals surface area contributed by atoms with Crippen molar-refractivity contribution in [3.05, 3.63) is 57.2 Å². The average Bonchev–Trinajstić information content (AvgIpc) is 2.94. The molecule has 2 aromatic rings. The van der Waals surface area contributed by atoms with Gasteiger partial charge in [-0.25, -0.2) is 0 Å². The third kappa shape index (κ3) is 5.49. The summed E-state index contributed by atoms with van der Waals surface area (Å²) in [6.45, 7) is 1.69. The third-order valence-corrected chi connectivity index (χ3v) is 4.33. The highest BCUT2D eigenvalue weighted by molar-refractivity contribution is 7.80. The maximum Gasteiger partial charge on any atom is 0.166 e. The molecule has 0 amide bonds. The van der Waals surface area contributed by atoms with Crippen molar-refractivity contribution in [1.82, 2.24) is 10.6 Å². The van der Waals surface area contributed by atoms with Gasteiger partial charge in [-0.05, 0) is 54.2 Å². The fraction of sp³-hybridized carbons (Fsp3) is 0.267. The Morgan fingerprint density at radius 1 is 1.05 bits per heavy atom. The van der Waals surface area contributed by atoms with Crippen LogP contribution < -0.4 is 10.6 Å². The zero-order valence-corrected chi connectivity index (χ0v) is 13.5. The van der Waals surface area contributed by atoms with E-state index in [2.05, 4.69) is 28.1 Å². The molecule has 0 saturated heterocycles. The molecule has 0 fully saturated rings. The summed E-state index contributed by atoms with van der Waals surface area (Å²) in [4.78, 5) is 1.38. The number of hydrogen-bond donors (Lipinski definition) is 2. The van der Waals surface area contributed by atoms with Crippen LogP contribution >= 0.6 is 35.2 Å². The van der Waals surface area contributed by atoms with E-state index in [1.54, 1.807) is 11.3 Å². The maximum atomic E-state index is 5.85. The molecule has 0 radical (unpaired) electrons. The number of nitrogens with one attached hydrogen (secondary N) is 2. The van der Waals surface area contributed by atoms with Crippen LogP contribution in [0.2, 0.25) is 5.02 Å². The second-order valence-electron chi connectivity index (χ2n) is 4.39. The van der Waals surface area contributed by atoms with E-state index in [0.717, 1.165) is 36.1 Å². The van der Waals surface area contributed by atoms with E-state index >= 15 is 0 Å². The number of rotatable bonds is 6. The minimum Gasteiger partial charge on any atom is -0.362 e. The van der Waals surface area contributed by atoms with E-state index in [0.29, 0.717) is 0 Å². The molecule has 5 heteroatoms. The lowest BCUT2D eigenvalue weighted by Gasteiger charge is -2.10. The Balaban J connectivity index is 1.59. The molecule has 2 N–H and O–H groups in total. The van der Waals surface area contributed by atoms with Crippen molar-refractivity contribution in [1.29, 1.82) is 0 Å². The summed E-state index contributed by atoms with van der Waals surface area (Å²) in [5.41, 5.74) is 1.25. The zero-order valence-electron chi connectivity index (χ0n) is 11.1. The lowest BCUT2D eigenvalue weighted by Crippen LogP contribution is -2.37. The second kappa shape index (κ2) is 8.25. The molecule has 2 nitrogen and oxygen atoms in total. The first-order chi connectivity index (χ1) is 9.74. The van der Waals surface area contributed by atoms with Crippen molar-refractivity contribution in [2.75, 3.05) is 13.1 Å². The summed E-state index contributed by atoms with van der Waals surface area (Å²) in [7, 11) is 0. The van der Waals surface area contributed by atoms with Gasteiger partial charge in [-0.15, -0.1) is 11.3 Å². The number of benzene rings is 1. The first-order valence-electron chi connectivity index (χ1n) is 6.52. The Morgan fingerprint density at radius 3 is 2.40 bits per heavy atom. The van der Waals surface area contributed by atoms with Crippen LogP contribution in [0, 0.1) is 0 Å². The molecule has 20 heavy (non-hydrogen) atoms. The smallest absolute Gasteiger partial charge is 0.166 e. The standard InChI is InChI=1S/C15H17ClN2S2/c16-13-5-3-12(4-6-13)7-9-17-15(19)18-10-8-14-2-1-11-20-14/h1-6,11H,7-10H2,(H2,17,18,19). The van der Waals surface area contributed by atoms with Gasteiger partial charge in [-0.1, -0.05) is 29.8 Å². The van der Waals surface area contributed by atoms with Crippen molar-refractivity contribution >= 4 is 40.3 Å². The summed E-state index contributed by atoms with van der Waals surface area (Å²) in [6.07, 6.45) is 1.95. The molecule has 2 rings (SSSR count). The molecular formula is C15H17ClN2S2. The molecule has 0 unspecified atom stereocenters. The lowest BCUT2D eigenvalue weighted by molar-refractivity contribution is 0.806. The average molecular weight is 325 g/mol. The van der Waals surface area contributed by atoms with E-state index in [1.165, 1.54) is 10.4 Å². The fourth-order valence-electron chi connectivity index (χ4n) is 1.79. The Hall–Kier alpha value is -1.10. The summed E-state index contributed by atoms with van der Waals surface area (Å²) >= 11 is 12.9. The van der Waals surface area contributed by atoms with Crippen LogP contribution in [0.5, 0.6) is 0 Å². The minimum atomic E-state index is 0.718. The van der Waals surface area contributed by atoms with Crippen molar-refractivity contribution < 1.29 is 0 Å². The monoisotopic (exact) mass is 324 g/mol. The van der Waals surface area contributed by atoms with Gasteiger partial charge in [0.25, 0.3) is 0 Å². The summed E-state index contributed by atoms with van der Waals surface area (Å²) in [6, 6.07) is 12.1. The number of hydrogen-bond acceptors (Lipinski definition) is 2. The Morgan fingerprint density at radius 2 is 1.75 bits per heavy atom. The molecule has 0 saturated carbocycles. The number of thiophene rings is 1. The second-order valence-corrected chi connectivity index (χ2v) is 6.27. The first-order valence-corrected chi connectivity index (χ1v) is 8.19. The van der Waals surface area contributed by atoms with Crippen molar-refractivity contribution in [2.45, 2.75) is 12.8 Å². The lowest BCUT2D eigenvalue weighted by atomic mass is 10.1. The van der Waals surface area contributed by atoms with Crippen LogP contribution in [0.15, 0.2) is 41.8 Å². The molecule has 0 bridgehead atoms. The quantitative estimate of drug-likeness (QED) is 0.793. The molecule has 0 spiro atoms. The third-order valence-electron chi connectivity index (χ3n) is 2.85. The highest BCUT2D eigenvalue weighted by atomic mass is 35.5.